The topological polar surface area (TPSA) is 123 Å². The van der Waals surface area contributed by atoms with Crippen LogP contribution in [0, 0.1) is 5.41 Å². The average molecular weight is 608 g/mol. The Morgan fingerprint density at radius 3 is 2.47 bits per heavy atom. The van der Waals surface area contributed by atoms with Crippen molar-refractivity contribution in [3.8, 4) is 11.5 Å². The van der Waals surface area contributed by atoms with Crippen LogP contribution in [0.3, 0.4) is 0 Å². The molecule has 0 aliphatic carbocycles. The summed E-state index contributed by atoms with van der Waals surface area (Å²) >= 11 is 6.47. The lowest BCUT2D eigenvalue weighted by molar-refractivity contribution is -0.132. The van der Waals surface area contributed by atoms with Crippen LogP contribution in [-0.4, -0.2) is 61.3 Å². The van der Waals surface area contributed by atoms with Gasteiger partial charge in [0.15, 0.2) is 17.3 Å². The maximum absolute atomic E-state index is 14.3. The van der Waals surface area contributed by atoms with Crippen molar-refractivity contribution in [1.29, 1.82) is 0 Å². The molecule has 3 aromatic rings. The first-order chi connectivity index (χ1) is 20.5. The highest BCUT2D eigenvalue weighted by atomic mass is 35.5. The van der Waals surface area contributed by atoms with Gasteiger partial charge in [-0.3, -0.25) is 9.59 Å². The maximum atomic E-state index is 14.3. The molecule has 0 aromatic heterocycles. The highest BCUT2D eigenvalue weighted by Crippen LogP contribution is 2.45. The maximum Gasteiger partial charge on any atom is 0.328 e. The molecule has 1 aliphatic heterocycles. The monoisotopic (exact) mass is 607 g/mol. The summed E-state index contributed by atoms with van der Waals surface area (Å²) < 4.78 is 17.8. The van der Waals surface area contributed by atoms with Gasteiger partial charge in [-0.15, -0.1) is 0 Å². The number of rotatable bonds is 11. The van der Waals surface area contributed by atoms with Crippen molar-refractivity contribution >= 4 is 41.0 Å². The van der Waals surface area contributed by atoms with E-state index in [0.29, 0.717) is 44.5 Å². The number of ether oxygens (including phenoxy) is 3. The first kappa shape index (κ1) is 31.7. The van der Waals surface area contributed by atoms with Gasteiger partial charge in [0.1, 0.15) is 12.2 Å². The first-order valence-corrected chi connectivity index (χ1v) is 14.0. The summed E-state index contributed by atoms with van der Waals surface area (Å²) in [5, 5.41) is 19.5. The Hall–Kier alpha value is -4.18. The Balaban J connectivity index is 1.84. The number of aliphatic hydroxyl groups excluding tert-OH is 1. The second-order valence-electron chi connectivity index (χ2n) is 11.0. The summed E-state index contributed by atoms with van der Waals surface area (Å²) in [6, 6.07) is 16.9. The molecule has 0 fully saturated rings. The molecule has 0 unspecified atom stereocenters. The average Bonchev–Trinajstić information content (AvgIpc) is 3.09. The van der Waals surface area contributed by atoms with E-state index in [1.807, 2.05) is 13.8 Å². The normalized spacial score (nSPS) is 17.0. The number of carbonyl (C=O) groups is 3. The molecule has 4 rings (SSSR count). The first-order valence-electron chi connectivity index (χ1n) is 13.6. The van der Waals surface area contributed by atoms with Crippen LogP contribution in [-0.2, 0) is 14.3 Å². The van der Waals surface area contributed by atoms with Crippen LogP contribution in [0.25, 0.3) is 6.08 Å². The van der Waals surface area contributed by atoms with Gasteiger partial charge in [-0.25, -0.2) is 4.79 Å². The summed E-state index contributed by atoms with van der Waals surface area (Å²) in [6.45, 7) is 3.62. The number of halogens is 1. The van der Waals surface area contributed by atoms with Crippen LogP contribution in [0.15, 0.2) is 66.7 Å². The minimum Gasteiger partial charge on any atom is -0.493 e. The fraction of sp³-hybridized carbons (Fsp3) is 0.303. The summed E-state index contributed by atoms with van der Waals surface area (Å²) in [6.07, 6.45) is -0.0429. The van der Waals surface area contributed by atoms with Gasteiger partial charge in [0.05, 0.1) is 14.2 Å². The molecule has 10 heteroatoms. The number of carboxylic acid groups (broad SMARTS) is 1. The number of methoxy groups -OCH3 is 2. The predicted molar refractivity (Wildman–Crippen MR) is 163 cm³/mol. The molecule has 0 saturated carbocycles. The minimum absolute atomic E-state index is 0.141. The number of hydrogen-bond donors (Lipinski definition) is 2. The van der Waals surface area contributed by atoms with Gasteiger partial charge in [0, 0.05) is 58.5 Å². The smallest absolute Gasteiger partial charge is 0.328 e. The Morgan fingerprint density at radius 2 is 1.79 bits per heavy atom. The van der Waals surface area contributed by atoms with Gasteiger partial charge in [0.2, 0.25) is 0 Å². The standard InChI is InChI=1S/C33H34ClNO8/c1-33(2,19-36)18-35-25-13-12-22(34)16-24(25)30(23-9-6-10-27(41-3)31(23)42-4)43-28(32(35)40)17-26(37)21-8-5-7-20(15-21)11-14-29(38)39/h5-16,28,30,36H,17-19H2,1-4H3,(H,38,39)/b14-11+/t28-,30-/m1/s1. The number of aliphatic carboxylic acids is 1. The number of ketones is 1. The molecule has 3 aromatic carbocycles. The van der Waals surface area contributed by atoms with Crippen molar-refractivity contribution in [2.24, 2.45) is 5.41 Å². The second kappa shape index (κ2) is 13.4. The zero-order chi connectivity index (χ0) is 31.3. The largest absolute Gasteiger partial charge is 0.493 e. The second-order valence-corrected chi connectivity index (χ2v) is 11.4. The van der Waals surface area contributed by atoms with Crippen molar-refractivity contribution in [2.45, 2.75) is 32.5 Å². The third kappa shape index (κ3) is 7.25. The Bertz CT molecular complexity index is 1550. The molecule has 1 aliphatic rings. The van der Waals surface area contributed by atoms with Gasteiger partial charge in [0.25, 0.3) is 5.91 Å². The zero-order valence-corrected chi connectivity index (χ0v) is 25.1. The van der Waals surface area contributed by atoms with E-state index in [1.165, 1.54) is 20.3 Å². The zero-order valence-electron chi connectivity index (χ0n) is 24.4. The van der Waals surface area contributed by atoms with Crippen molar-refractivity contribution in [3.05, 3.63) is 94.0 Å². The van der Waals surface area contributed by atoms with Gasteiger partial charge >= 0.3 is 5.97 Å². The molecular weight excluding hydrogens is 574 g/mol. The highest BCUT2D eigenvalue weighted by molar-refractivity contribution is 6.30. The number of para-hydroxylation sites is 1. The van der Waals surface area contributed by atoms with Crippen LogP contribution in [0.5, 0.6) is 11.5 Å². The van der Waals surface area contributed by atoms with Crippen molar-refractivity contribution in [1.82, 2.24) is 0 Å². The molecular formula is C33H34ClNO8. The molecule has 0 radical (unpaired) electrons. The number of nitrogens with zero attached hydrogens (tertiary/aromatic N) is 1. The third-order valence-corrected chi connectivity index (χ3v) is 7.37. The van der Waals surface area contributed by atoms with Crippen molar-refractivity contribution in [3.63, 3.8) is 0 Å². The molecule has 2 atom stereocenters. The van der Waals surface area contributed by atoms with E-state index in [1.54, 1.807) is 65.6 Å². The van der Waals surface area contributed by atoms with Crippen LogP contribution < -0.4 is 14.4 Å². The predicted octanol–water partition coefficient (Wildman–Crippen LogP) is 5.57. The number of carbonyl (C=O) groups excluding carboxylic acids is 2. The number of hydrogen-bond acceptors (Lipinski definition) is 7. The number of carboxylic acids is 1. The lowest BCUT2D eigenvalue weighted by Gasteiger charge is -2.32. The van der Waals surface area contributed by atoms with E-state index in [9.17, 15) is 19.5 Å². The number of amides is 1. The molecule has 0 saturated heterocycles. The lowest BCUT2D eigenvalue weighted by atomic mass is 9.92. The number of aliphatic hydroxyl groups is 1. The summed E-state index contributed by atoms with van der Waals surface area (Å²) in [7, 11) is 3.02. The summed E-state index contributed by atoms with van der Waals surface area (Å²) in [4.78, 5) is 40.4. The third-order valence-electron chi connectivity index (χ3n) is 7.13. The Labute approximate surface area is 255 Å². The molecule has 2 N–H and O–H groups in total. The van der Waals surface area contributed by atoms with E-state index < -0.39 is 29.5 Å². The fourth-order valence-corrected chi connectivity index (χ4v) is 5.16. The summed E-state index contributed by atoms with van der Waals surface area (Å²) in [5.41, 5.74) is 1.82. The highest BCUT2D eigenvalue weighted by Gasteiger charge is 2.40. The van der Waals surface area contributed by atoms with Gasteiger partial charge in [-0.05, 0) is 42.0 Å². The Kier molecular flexibility index (Phi) is 9.91. The molecule has 9 nitrogen and oxygen atoms in total. The Morgan fingerprint density at radius 1 is 1.05 bits per heavy atom. The minimum atomic E-state index is -1.23. The van der Waals surface area contributed by atoms with Gasteiger partial charge < -0.3 is 29.3 Å². The number of fused-ring (bicyclic) bond motifs is 1. The van der Waals surface area contributed by atoms with Crippen molar-refractivity contribution in [2.75, 3.05) is 32.3 Å². The fourth-order valence-electron chi connectivity index (χ4n) is 4.97. The summed E-state index contributed by atoms with van der Waals surface area (Å²) in [5.74, 6) is -1.07. The number of anilines is 1. The van der Waals surface area contributed by atoms with E-state index in [-0.39, 0.29) is 25.4 Å². The molecule has 0 bridgehead atoms. The SMILES string of the molecule is COc1cccc([C@H]2O[C@H](CC(=O)c3cccc(/C=C/C(=O)O)c3)C(=O)N(CC(C)(C)CO)c3ccc(Cl)cc32)c1OC. The van der Waals surface area contributed by atoms with E-state index >= 15 is 0 Å². The van der Waals surface area contributed by atoms with Gasteiger partial charge in [-0.1, -0.05) is 55.8 Å². The molecule has 0 spiro atoms. The number of benzene rings is 3. The quantitative estimate of drug-likeness (QED) is 0.214. The molecule has 226 valence electrons. The van der Waals surface area contributed by atoms with E-state index in [2.05, 4.69) is 0 Å². The molecule has 1 amide bonds. The van der Waals surface area contributed by atoms with Crippen LogP contribution >= 0.6 is 11.6 Å². The lowest BCUT2D eigenvalue weighted by Crippen LogP contribution is -2.45. The number of Topliss-reactive ketones (excluding diaryl/α,β-unsaturated/α-hetero) is 1. The molecule has 43 heavy (non-hydrogen) atoms. The van der Waals surface area contributed by atoms with Crippen LogP contribution in [0.4, 0.5) is 5.69 Å². The van der Waals surface area contributed by atoms with Gasteiger partial charge in [-0.2, -0.15) is 0 Å². The van der Waals surface area contributed by atoms with Crippen LogP contribution in [0.2, 0.25) is 5.02 Å². The molecule has 1 heterocycles. The van der Waals surface area contributed by atoms with Crippen LogP contribution in [0.1, 0.15) is 53.4 Å². The van der Waals surface area contributed by atoms with E-state index in [0.717, 1.165) is 6.08 Å². The van der Waals surface area contributed by atoms with E-state index in [4.69, 9.17) is 30.9 Å². The van der Waals surface area contributed by atoms with Crippen molar-refractivity contribution < 1.29 is 38.8 Å².